The molecule has 0 atom stereocenters. The number of unbranched alkanes of at least 4 members (excludes halogenated alkanes) is 5. The van der Waals surface area contributed by atoms with Crippen LogP contribution in [0.4, 0.5) is 0 Å². The Morgan fingerprint density at radius 3 is 2.10 bits per heavy atom. The highest BCUT2D eigenvalue weighted by atomic mass is 27.0. The van der Waals surface area contributed by atoms with Crippen LogP contribution in [0.15, 0.2) is 12.7 Å². The monoisotopic (exact) mass is 155 g/mol. The lowest BCUT2D eigenvalue weighted by atomic mass is 10.1. The van der Waals surface area contributed by atoms with Gasteiger partial charge >= 0.3 is 0 Å². The average Bonchev–Trinajstić information content (AvgIpc) is 1.89. The van der Waals surface area contributed by atoms with Gasteiger partial charge in [-0.2, -0.15) is 0 Å². The van der Waals surface area contributed by atoms with Gasteiger partial charge in [0.25, 0.3) is 0 Å². The third-order valence-corrected chi connectivity index (χ3v) is 1.41. The molecule has 0 rings (SSSR count). The minimum Gasteiger partial charge on any atom is -0.103 e. The fraction of sp³-hybridized carbons (Fsp3) is 0.667. The van der Waals surface area contributed by atoms with Crippen molar-refractivity contribution < 1.29 is 0 Å². The van der Waals surface area contributed by atoms with Gasteiger partial charge in [-0.3, -0.25) is 0 Å². The number of hydrogen-bond acceptors (Lipinski definition) is 0. The molecule has 0 aliphatic carbocycles. The van der Waals surface area contributed by atoms with E-state index in [1.165, 1.54) is 32.1 Å². The van der Waals surface area contributed by atoms with Crippen molar-refractivity contribution in [3.63, 3.8) is 0 Å². The minimum atomic E-state index is 0. The first-order valence-corrected chi connectivity index (χ1v) is 3.82. The smallest absolute Gasteiger partial charge is 0.103 e. The molecule has 59 valence electrons. The standard InChI is InChI=1S/C9H17.Al.3H/c1-3-5-7-9-8-6-4-2;;;;/h3H,1-2,4-9H2;;;;. The van der Waals surface area contributed by atoms with Crippen LogP contribution in [0.2, 0.25) is 0 Å². The molecule has 0 saturated heterocycles. The van der Waals surface area contributed by atoms with E-state index in [4.69, 9.17) is 0 Å². The van der Waals surface area contributed by atoms with Gasteiger partial charge in [-0.1, -0.05) is 38.7 Å². The van der Waals surface area contributed by atoms with E-state index in [-0.39, 0.29) is 17.4 Å². The first-order valence-electron chi connectivity index (χ1n) is 3.82. The first-order chi connectivity index (χ1) is 4.41. The van der Waals surface area contributed by atoms with Crippen molar-refractivity contribution in [2.45, 2.75) is 38.5 Å². The molecule has 0 aliphatic heterocycles. The van der Waals surface area contributed by atoms with Gasteiger partial charge < -0.3 is 0 Å². The lowest BCUT2D eigenvalue weighted by molar-refractivity contribution is 0.652. The molecule has 0 aromatic rings. The molecule has 0 N–H and O–H groups in total. The van der Waals surface area contributed by atoms with Crippen LogP contribution in [0, 0.1) is 6.92 Å². The fourth-order valence-electron chi connectivity index (χ4n) is 0.819. The molecule has 0 saturated carbocycles. The van der Waals surface area contributed by atoms with Gasteiger partial charge in [0.2, 0.25) is 0 Å². The van der Waals surface area contributed by atoms with Gasteiger partial charge in [0.1, 0.15) is 0 Å². The molecule has 0 fully saturated rings. The van der Waals surface area contributed by atoms with E-state index < -0.39 is 0 Å². The van der Waals surface area contributed by atoms with E-state index >= 15 is 0 Å². The van der Waals surface area contributed by atoms with Gasteiger partial charge in [-0.05, 0) is 12.8 Å². The predicted molar refractivity (Wildman–Crippen MR) is 53.2 cm³/mol. The summed E-state index contributed by atoms with van der Waals surface area (Å²) in [5, 5.41) is 0. The summed E-state index contributed by atoms with van der Waals surface area (Å²) >= 11 is 0. The summed E-state index contributed by atoms with van der Waals surface area (Å²) in [4.78, 5) is 0. The maximum absolute atomic E-state index is 3.78. The average molecular weight is 155 g/mol. The van der Waals surface area contributed by atoms with Gasteiger partial charge in [-0.15, -0.1) is 6.58 Å². The summed E-state index contributed by atoms with van der Waals surface area (Å²) in [7, 11) is 0. The second kappa shape index (κ2) is 12.0. The minimum absolute atomic E-state index is 0. The van der Waals surface area contributed by atoms with Crippen molar-refractivity contribution in [2.75, 3.05) is 0 Å². The molecule has 0 nitrogen and oxygen atoms in total. The van der Waals surface area contributed by atoms with E-state index in [1.807, 2.05) is 6.08 Å². The van der Waals surface area contributed by atoms with Crippen molar-refractivity contribution in [2.24, 2.45) is 0 Å². The third kappa shape index (κ3) is 11.1. The molecular formula is C9H20Al. The maximum Gasteiger partial charge on any atom is 0.187 e. The van der Waals surface area contributed by atoms with Crippen LogP contribution in [-0.4, -0.2) is 17.4 Å². The second-order valence-corrected chi connectivity index (χ2v) is 2.35. The van der Waals surface area contributed by atoms with Crippen LogP contribution >= 0.6 is 0 Å². The molecule has 0 heterocycles. The second-order valence-electron chi connectivity index (χ2n) is 2.35. The van der Waals surface area contributed by atoms with Crippen LogP contribution in [0.25, 0.3) is 0 Å². The molecule has 10 heavy (non-hydrogen) atoms. The summed E-state index contributed by atoms with van der Waals surface area (Å²) in [6, 6.07) is 0. The van der Waals surface area contributed by atoms with Crippen molar-refractivity contribution in [1.29, 1.82) is 0 Å². The highest BCUT2D eigenvalue weighted by molar-refractivity contribution is 5.75. The quantitative estimate of drug-likeness (QED) is 0.313. The Balaban J connectivity index is 0. The molecule has 0 aliphatic rings. The van der Waals surface area contributed by atoms with Crippen molar-refractivity contribution in [1.82, 2.24) is 0 Å². The number of allylic oxidation sites excluding steroid dienone is 1. The number of rotatable bonds is 6. The highest BCUT2D eigenvalue weighted by Crippen LogP contribution is 2.04. The van der Waals surface area contributed by atoms with E-state index in [1.54, 1.807) is 0 Å². The molecule has 0 bridgehead atoms. The topological polar surface area (TPSA) is 0 Å². The Morgan fingerprint density at radius 2 is 1.60 bits per heavy atom. The van der Waals surface area contributed by atoms with E-state index in [9.17, 15) is 0 Å². The largest absolute Gasteiger partial charge is 0.187 e. The molecule has 0 amide bonds. The van der Waals surface area contributed by atoms with E-state index in [0.717, 1.165) is 6.42 Å². The Labute approximate surface area is 75.8 Å². The summed E-state index contributed by atoms with van der Waals surface area (Å²) in [6.07, 6.45) is 9.55. The van der Waals surface area contributed by atoms with Crippen LogP contribution in [0.5, 0.6) is 0 Å². The molecule has 0 aromatic heterocycles. The SMILES string of the molecule is [AlH3].[CH2]CCCCCCC=C. The zero-order valence-corrected chi connectivity index (χ0v) is 6.23. The van der Waals surface area contributed by atoms with E-state index in [2.05, 4.69) is 13.5 Å². The zero-order valence-electron chi connectivity index (χ0n) is 6.23. The zero-order chi connectivity index (χ0) is 6.95. The highest BCUT2D eigenvalue weighted by Gasteiger charge is 1.84. The Kier molecular flexibility index (Phi) is 15.5. The summed E-state index contributed by atoms with van der Waals surface area (Å²) in [6.45, 7) is 7.45. The Morgan fingerprint density at radius 1 is 1.00 bits per heavy atom. The summed E-state index contributed by atoms with van der Waals surface area (Å²) in [5.41, 5.74) is 0. The molecule has 0 unspecified atom stereocenters. The Bertz CT molecular complexity index is 59.7. The lowest BCUT2D eigenvalue weighted by Gasteiger charge is -1.94. The first kappa shape index (κ1) is 12.9. The van der Waals surface area contributed by atoms with Crippen molar-refractivity contribution >= 4 is 17.4 Å². The number of hydrogen-bond donors (Lipinski definition) is 0. The molecule has 1 heteroatoms. The molecular weight excluding hydrogens is 135 g/mol. The van der Waals surface area contributed by atoms with Crippen LogP contribution in [-0.2, 0) is 0 Å². The van der Waals surface area contributed by atoms with Gasteiger partial charge in [0, 0.05) is 0 Å². The van der Waals surface area contributed by atoms with Crippen LogP contribution < -0.4 is 0 Å². The van der Waals surface area contributed by atoms with Crippen LogP contribution in [0.3, 0.4) is 0 Å². The van der Waals surface area contributed by atoms with Gasteiger partial charge in [-0.25, -0.2) is 0 Å². The van der Waals surface area contributed by atoms with E-state index in [0.29, 0.717) is 0 Å². The maximum atomic E-state index is 3.78. The van der Waals surface area contributed by atoms with Gasteiger partial charge in [0.05, 0.1) is 0 Å². The molecule has 1 radical (unpaired) electrons. The molecule has 0 spiro atoms. The molecule has 0 aromatic carbocycles. The van der Waals surface area contributed by atoms with Crippen LogP contribution in [0.1, 0.15) is 38.5 Å². The lowest BCUT2D eigenvalue weighted by Crippen LogP contribution is -1.74. The fourth-order valence-corrected chi connectivity index (χ4v) is 0.819. The van der Waals surface area contributed by atoms with Crippen molar-refractivity contribution in [3.8, 4) is 0 Å². The third-order valence-electron chi connectivity index (χ3n) is 1.41. The van der Waals surface area contributed by atoms with Gasteiger partial charge in [0.15, 0.2) is 17.4 Å². The predicted octanol–water partition coefficient (Wildman–Crippen LogP) is 2.16. The summed E-state index contributed by atoms with van der Waals surface area (Å²) < 4.78 is 0. The van der Waals surface area contributed by atoms with Crippen molar-refractivity contribution in [3.05, 3.63) is 19.6 Å². The normalized spacial score (nSPS) is 8.50. The Hall–Kier alpha value is 0.272. The summed E-state index contributed by atoms with van der Waals surface area (Å²) in [5.74, 6) is 0.